The number of aryl methyl sites for hydroxylation is 2. The van der Waals surface area contributed by atoms with Gasteiger partial charge in [0.25, 0.3) is 5.56 Å². The summed E-state index contributed by atoms with van der Waals surface area (Å²) in [7, 11) is 0. The largest absolute Gasteiger partial charge is 0.439 e. The zero-order valence-electron chi connectivity index (χ0n) is 24.0. The molecule has 4 aromatic rings. The molecule has 41 heavy (non-hydrogen) atoms. The molecule has 0 unspecified atom stereocenters. The van der Waals surface area contributed by atoms with E-state index in [9.17, 15) is 9.59 Å². The van der Waals surface area contributed by atoms with Crippen molar-refractivity contribution in [3.05, 3.63) is 92.1 Å². The Kier molecular flexibility index (Phi) is 8.93. The summed E-state index contributed by atoms with van der Waals surface area (Å²) in [5.41, 5.74) is 5.14. The predicted octanol–water partition coefficient (Wildman–Crippen LogP) is 5.55. The van der Waals surface area contributed by atoms with Crippen molar-refractivity contribution in [3.63, 3.8) is 0 Å². The number of aromatic amines is 1. The Bertz CT molecular complexity index is 1630. The second-order valence-corrected chi connectivity index (χ2v) is 11.5. The van der Waals surface area contributed by atoms with Gasteiger partial charge in [0.05, 0.1) is 11.5 Å². The SMILES string of the molecule is CCCCc1nc(C)c(CC(=S)N2CCC(C)CC2)c(=O)n1Cc1ccc(-c2ccccc2-c2noc(=O)[nH]2)cc1. The first kappa shape index (κ1) is 28.7. The van der Waals surface area contributed by atoms with Gasteiger partial charge in [-0.1, -0.05) is 86.2 Å². The van der Waals surface area contributed by atoms with Crippen molar-refractivity contribution in [2.45, 2.75) is 65.8 Å². The summed E-state index contributed by atoms with van der Waals surface area (Å²) in [5.74, 6) is 1.34. The van der Waals surface area contributed by atoms with Gasteiger partial charge in [0, 0.05) is 42.8 Å². The fourth-order valence-corrected chi connectivity index (χ4v) is 5.76. The first-order chi connectivity index (χ1) is 19.8. The molecule has 0 spiro atoms. The maximum atomic E-state index is 13.9. The molecule has 2 aromatic heterocycles. The smallest absolute Gasteiger partial charge is 0.366 e. The van der Waals surface area contributed by atoms with Crippen LogP contribution < -0.4 is 11.3 Å². The molecular weight excluding hydrogens is 534 g/mol. The van der Waals surface area contributed by atoms with E-state index < -0.39 is 5.76 Å². The van der Waals surface area contributed by atoms with Crippen molar-refractivity contribution in [3.8, 4) is 22.5 Å². The van der Waals surface area contributed by atoms with Gasteiger partial charge in [-0.15, -0.1) is 0 Å². The molecule has 1 N–H and O–H groups in total. The van der Waals surface area contributed by atoms with Crippen molar-refractivity contribution in [2.24, 2.45) is 5.92 Å². The van der Waals surface area contributed by atoms with Crippen LogP contribution in [0.2, 0.25) is 0 Å². The highest BCUT2D eigenvalue weighted by Gasteiger charge is 2.21. The Balaban J connectivity index is 1.43. The number of unbranched alkanes of at least 4 members (excludes halogenated alkanes) is 1. The lowest BCUT2D eigenvalue weighted by Gasteiger charge is -2.32. The minimum absolute atomic E-state index is 0.000684. The summed E-state index contributed by atoms with van der Waals surface area (Å²) in [6, 6.07) is 15.8. The predicted molar refractivity (Wildman–Crippen MR) is 165 cm³/mol. The van der Waals surface area contributed by atoms with Gasteiger partial charge in [0.2, 0.25) is 0 Å². The molecule has 9 heteroatoms. The van der Waals surface area contributed by atoms with Gasteiger partial charge >= 0.3 is 5.76 Å². The van der Waals surface area contributed by atoms with E-state index in [2.05, 4.69) is 28.9 Å². The lowest BCUT2D eigenvalue weighted by atomic mass is 9.98. The molecule has 8 nitrogen and oxygen atoms in total. The summed E-state index contributed by atoms with van der Waals surface area (Å²) in [6.07, 6.45) is 5.47. The quantitative estimate of drug-likeness (QED) is 0.263. The van der Waals surface area contributed by atoms with Gasteiger partial charge in [-0.05, 0) is 48.8 Å². The third-order valence-electron chi connectivity index (χ3n) is 7.99. The van der Waals surface area contributed by atoms with Crippen molar-refractivity contribution in [1.82, 2.24) is 24.6 Å². The Labute approximate surface area is 245 Å². The van der Waals surface area contributed by atoms with E-state index in [1.807, 2.05) is 60.0 Å². The number of hydrogen-bond acceptors (Lipinski definition) is 6. The van der Waals surface area contributed by atoms with E-state index in [-0.39, 0.29) is 5.56 Å². The fraction of sp³-hybridized carbons (Fsp3) is 0.406. The Morgan fingerprint density at radius 3 is 2.44 bits per heavy atom. The Morgan fingerprint density at radius 1 is 1.07 bits per heavy atom. The summed E-state index contributed by atoms with van der Waals surface area (Å²) in [5, 5.41) is 3.86. The molecule has 3 heterocycles. The molecule has 0 bridgehead atoms. The van der Waals surface area contributed by atoms with Gasteiger partial charge in [0.1, 0.15) is 5.82 Å². The van der Waals surface area contributed by atoms with E-state index in [1.54, 1.807) is 0 Å². The van der Waals surface area contributed by atoms with Gasteiger partial charge in [-0.3, -0.25) is 18.9 Å². The molecule has 1 fully saturated rings. The third-order valence-corrected chi connectivity index (χ3v) is 8.40. The number of likely N-dealkylation sites (tertiary alicyclic amines) is 1. The molecule has 1 aliphatic rings. The number of nitrogens with zero attached hydrogens (tertiary/aromatic N) is 4. The molecule has 0 saturated carbocycles. The summed E-state index contributed by atoms with van der Waals surface area (Å²) in [6.45, 7) is 8.71. The lowest BCUT2D eigenvalue weighted by molar-refractivity contribution is 0.281. The second-order valence-electron chi connectivity index (χ2n) is 11.0. The highest BCUT2D eigenvalue weighted by molar-refractivity contribution is 7.80. The molecule has 1 saturated heterocycles. The van der Waals surface area contributed by atoms with Crippen LogP contribution in [0.25, 0.3) is 22.5 Å². The number of rotatable bonds is 9. The zero-order valence-corrected chi connectivity index (χ0v) is 24.8. The molecule has 0 atom stereocenters. The Morgan fingerprint density at radius 2 is 1.78 bits per heavy atom. The van der Waals surface area contributed by atoms with Gasteiger partial charge in [0.15, 0.2) is 5.82 Å². The van der Waals surface area contributed by atoms with Gasteiger partial charge < -0.3 is 4.90 Å². The van der Waals surface area contributed by atoms with Crippen LogP contribution in [0.4, 0.5) is 0 Å². The molecule has 0 amide bonds. The van der Waals surface area contributed by atoms with E-state index in [1.165, 1.54) is 0 Å². The number of benzene rings is 2. The van der Waals surface area contributed by atoms with Crippen LogP contribution in [0.5, 0.6) is 0 Å². The van der Waals surface area contributed by atoms with Crippen molar-refractivity contribution in [2.75, 3.05) is 13.1 Å². The monoisotopic (exact) mass is 571 g/mol. The van der Waals surface area contributed by atoms with Crippen LogP contribution in [0.1, 0.15) is 62.2 Å². The number of piperidine rings is 1. The first-order valence-electron chi connectivity index (χ1n) is 14.5. The lowest BCUT2D eigenvalue weighted by Crippen LogP contribution is -2.39. The van der Waals surface area contributed by atoms with E-state index in [0.29, 0.717) is 24.4 Å². The van der Waals surface area contributed by atoms with Crippen LogP contribution in [0.3, 0.4) is 0 Å². The summed E-state index contributed by atoms with van der Waals surface area (Å²) in [4.78, 5) is 36.1. The number of aromatic nitrogens is 4. The minimum atomic E-state index is -0.591. The fourth-order valence-electron chi connectivity index (χ4n) is 5.43. The molecule has 0 radical (unpaired) electrons. The zero-order chi connectivity index (χ0) is 28.9. The average Bonchev–Trinajstić information content (AvgIpc) is 3.42. The van der Waals surface area contributed by atoms with Crippen LogP contribution in [0, 0.1) is 12.8 Å². The molecule has 2 aromatic carbocycles. The van der Waals surface area contributed by atoms with Gasteiger partial charge in [-0.25, -0.2) is 9.78 Å². The maximum Gasteiger partial charge on any atom is 0.439 e. The Hall–Kier alpha value is -3.85. The normalized spacial score (nSPS) is 14.0. The molecule has 214 valence electrons. The maximum absolute atomic E-state index is 13.9. The minimum Gasteiger partial charge on any atom is -0.366 e. The van der Waals surface area contributed by atoms with Crippen LogP contribution in [0.15, 0.2) is 62.6 Å². The topological polar surface area (TPSA) is 97.0 Å². The first-order valence-corrected chi connectivity index (χ1v) is 14.9. The molecule has 1 aliphatic heterocycles. The molecule has 0 aliphatic carbocycles. The molecular formula is C32H37N5O3S. The van der Waals surface area contributed by atoms with Crippen LogP contribution in [-0.2, 0) is 19.4 Å². The van der Waals surface area contributed by atoms with Crippen LogP contribution in [-0.4, -0.2) is 42.7 Å². The summed E-state index contributed by atoms with van der Waals surface area (Å²) >= 11 is 5.82. The van der Waals surface area contributed by atoms with Crippen molar-refractivity contribution >= 4 is 17.2 Å². The van der Waals surface area contributed by atoms with E-state index >= 15 is 0 Å². The van der Waals surface area contributed by atoms with Gasteiger partial charge in [-0.2, -0.15) is 0 Å². The summed E-state index contributed by atoms with van der Waals surface area (Å²) < 4.78 is 6.55. The third kappa shape index (κ3) is 6.56. The van der Waals surface area contributed by atoms with E-state index in [0.717, 1.165) is 89.9 Å². The van der Waals surface area contributed by atoms with E-state index in [4.69, 9.17) is 21.7 Å². The average molecular weight is 572 g/mol. The second kappa shape index (κ2) is 12.8. The number of hydrogen-bond donors (Lipinski definition) is 1. The number of nitrogens with one attached hydrogen (secondary N) is 1. The number of thiocarbonyl (C=S) groups is 1. The highest BCUT2D eigenvalue weighted by Crippen LogP contribution is 2.30. The molecule has 5 rings (SSSR count). The standard InChI is InChI=1S/C32H37N5O3S/c1-4-5-10-28-33-22(3)27(19-29(41)36-17-15-21(2)16-18-36)31(38)37(28)20-23-11-13-24(14-12-23)25-8-6-7-9-26(25)30-34-32(39)40-35-30/h6-9,11-14,21H,4-5,10,15-20H2,1-3H3,(H,34,35,39). The van der Waals surface area contributed by atoms with Crippen LogP contribution >= 0.6 is 12.2 Å². The highest BCUT2D eigenvalue weighted by atomic mass is 32.1. The van der Waals surface area contributed by atoms with Crippen molar-refractivity contribution in [1.29, 1.82) is 0 Å². The number of H-pyrrole nitrogens is 1. The van der Waals surface area contributed by atoms with Crippen molar-refractivity contribution < 1.29 is 4.52 Å².